The van der Waals surface area contributed by atoms with E-state index in [2.05, 4.69) is 5.32 Å². The van der Waals surface area contributed by atoms with Gasteiger partial charge in [-0.1, -0.05) is 23.7 Å². The molecule has 0 saturated heterocycles. The van der Waals surface area contributed by atoms with Gasteiger partial charge < -0.3 is 19.9 Å². The molecular weight excluding hydrogens is 278 g/mol. The van der Waals surface area contributed by atoms with Gasteiger partial charge in [-0.15, -0.1) is 0 Å². The summed E-state index contributed by atoms with van der Waals surface area (Å²) in [5, 5.41) is 13.6. The molecule has 0 aliphatic heterocycles. The molecule has 0 amide bonds. The van der Waals surface area contributed by atoms with Crippen LogP contribution in [-0.4, -0.2) is 43.7 Å². The number of aliphatic hydroxyl groups is 1. The van der Waals surface area contributed by atoms with E-state index < -0.39 is 6.10 Å². The highest BCUT2D eigenvalue weighted by Gasteiger charge is 2.07. The number of nitrogens with one attached hydrogen (secondary N) is 1. The van der Waals surface area contributed by atoms with Gasteiger partial charge in [0.2, 0.25) is 0 Å². The van der Waals surface area contributed by atoms with Crippen molar-refractivity contribution in [3.8, 4) is 0 Å². The highest BCUT2D eigenvalue weighted by atomic mass is 35.5. The molecule has 0 radical (unpaired) electrons. The van der Waals surface area contributed by atoms with Crippen LogP contribution in [0.4, 0.5) is 5.69 Å². The predicted octanol–water partition coefficient (Wildman–Crippen LogP) is 2.86. The summed E-state index contributed by atoms with van der Waals surface area (Å²) in [6, 6.07) is 5.69. The molecule has 1 aromatic rings. The number of halogens is 1. The molecule has 1 rings (SSSR count). The summed E-state index contributed by atoms with van der Waals surface area (Å²) >= 11 is 6.10. The first-order chi connectivity index (χ1) is 9.50. The molecule has 1 unspecified atom stereocenters. The monoisotopic (exact) mass is 301 g/mol. The zero-order valence-electron chi connectivity index (χ0n) is 12.4. The molecule has 0 heterocycles. The summed E-state index contributed by atoms with van der Waals surface area (Å²) in [7, 11) is 0. The fraction of sp³-hybridized carbons (Fsp3) is 0.600. The standard InChI is InChI=1S/C15H24ClNO3/c1-11(2)20-8-7-19-10-13(18)9-17-15-12(3)5-4-6-14(15)16/h4-6,11,13,17-18H,7-10H2,1-3H3. The third-order valence-electron chi connectivity index (χ3n) is 2.73. The average Bonchev–Trinajstić information content (AvgIpc) is 2.37. The Balaban J connectivity index is 2.21. The van der Waals surface area contributed by atoms with Gasteiger partial charge in [0.05, 0.1) is 42.7 Å². The molecule has 0 aliphatic rings. The van der Waals surface area contributed by atoms with Crippen molar-refractivity contribution < 1.29 is 14.6 Å². The van der Waals surface area contributed by atoms with Gasteiger partial charge in [-0.3, -0.25) is 0 Å². The zero-order chi connectivity index (χ0) is 15.0. The van der Waals surface area contributed by atoms with Crippen LogP contribution >= 0.6 is 11.6 Å². The predicted molar refractivity (Wildman–Crippen MR) is 82.6 cm³/mol. The van der Waals surface area contributed by atoms with Gasteiger partial charge in [0.15, 0.2) is 0 Å². The minimum absolute atomic E-state index is 0.202. The Labute approximate surface area is 126 Å². The van der Waals surface area contributed by atoms with Gasteiger partial charge in [0, 0.05) is 6.54 Å². The van der Waals surface area contributed by atoms with Crippen molar-refractivity contribution in [2.24, 2.45) is 0 Å². The Morgan fingerprint density at radius 1 is 1.30 bits per heavy atom. The molecule has 20 heavy (non-hydrogen) atoms. The minimum atomic E-state index is -0.579. The van der Waals surface area contributed by atoms with Crippen LogP contribution in [0.1, 0.15) is 19.4 Å². The van der Waals surface area contributed by atoms with E-state index in [4.69, 9.17) is 21.1 Å². The lowest BCUT2D eigenvalue weighted by Crippen LogP contribution is -2.26. The Hall–Kier alpha value is -0.810. The second-order valence-electron chi connectivity index (χ2n) is 4.96. The highest BCUT2D eigenvalue weighted by molar-refractivity contribution is 6.33. The Bertz CT molecular complexity index is 378. The lowest BCUT2D eigenvalue weighted by Gasteiger charge is -2.16. The first-order valence-electron chi connectivity index (χ1n) is 6.87. The first kappa shape index (κ1) is 17.2. The molecule has 0 spiro atoms. The molecule has 1 atom stereocenters. The number of ether oxygens (including phenoxy) is 2. The van der Waals surface area contributed by atoms with Crippen LogP contribution in [0.3, 0.4) is 0 Å². The molecule has 0 bridgehead atoms. The lowest BCUT2D eigenvalue weighted by atomic mass is 10.2. The van der Waals surface area contributed by atoms with Crippen LogP contribution in [0, 0.1) is 6.92 Å². The van der Waals surface area contributed by atoms with Crippen molar-refractivity contribution in [3.05, 3.63) is 28.8 Å². The van der Waals surface area contributed by atoms with Crippen LogP contribution in [0.5, 0.6) is 0 Å². The lowest BCUT2D eigenvalue weighted by molar-refractivity contribution is -0.00734. The molecule has 2 N–H and O–H groups in total. The number of aryl methyl sites for hydroxylation is 1. The van der Waals surface area contributed by atoms with Crippen LogP contribution in [0.15, 0.2) is 18.2 Å². The molecule has 0 saturated carbocycles. The molecule has 114 valence electrons. The normalized spacial score (nSPS) is 12.7. The molecule has 5 heteroatoms. The largest absolute Gasteiger partial charge is 0.389 e. The van der Waals surface area contributed by atoms with E-state index in [0.29, 0.717) is 24.8 Å². The van der Waals surface area contributed by atoms with Crippen molar-refractivity contribution in [3.63, 3.8) is 0 Å². The molecule has 4 nitrogen and oxygen atoms in total. The fourth-order valence-corrected chi connectivity index (χ4v) is 1.99. The van der Waals surface area contributed by atoms with E-state index in [-0.39, 0.29) is 12.7 Å². The SMILES string of the molecule is Cc1cccc(Cl)c1NCC(O)COCCOC(C)C. The van der Waals surface area contributed by atoms with E-state index in [0.717, 1.165) is 11.3 Å². The van der Waals surface area contributed by atoms with Crippen LogP contribution < -0.4 is 5.32 Å². The number of aliphatic hydroxyl groups excluding tert-OH is 1. The highest BCUT2D eigenvalue weighted by Crippen LogP contribution is 2.24. The smallest absolute Gasteiger partial charge is 0.0945 e. The van der Waals surface area contributed by atoms with Gasteiger partial charge in [0.25, 0.3) is 0 Å². The maximum Gasteiger partial charge on any atom is 0.0945 e. The maximum atomic E-state index is 9.83. The van der Waals surface area contributed by atoms with Gasteiger partial charge in [-0.05, 0) is 32.4 Å². The number of anilines is 1. The van der Waals surface area contributed by atoms with Crippen molar-refractivity contribution in [1.82, 2.24) is 0 Å². The number of hydrogen-bond acceptors (Lipinski definition) is 4. The third-order valence-corrected chi connectivity index (χ3v) is 3.04. The molecule has 0 aromatic heterocycles. The van der Waals surface area contributed by atoms with Gasteiger partial charge in [0.1, 0.15) is 0 Å². The zero-order valence-corrected chi connectivity index (χ0v) is 13.1. The van der Waals surface area contributed by atoms with Gasteiger partial charge in [-0.25, -0.2) is 0 Å². The maximum absolute atomic E-state index is 9.83. The average molecular weight is 302 g/mol. The van der Waals surface area contributed by atoms with Crippen molar-refractivity contribution in [1.29, 1.82) is 0 Å². The van der Waals surface area contributed by atoms with Crippen molar-refractivity contribution >= 4 is 17.3 Å². The van der Waals surface area contributed by atoms with E-state index in [1.54, 1.807) is 0 Å². The molecule has 0 aliphatic carbocycles. The van der Waals surface area contributed by atoms with Gasteiger partial charge in [-0.2, -0.15) is 0 Å². The number of rotatable bonds is 9. The summed E-state index contributed by atoms with van der Waals surface area (Å²) in [6.45, 7) is 7.63. The van der Waals surface area contributed by atoms with Crippen LogP contribution in [0.25, 0.3) is 0 Å². The molecule has 1 aromatic carbocycles. The Morgan fingerprint density at radius 3 is 2.70 bits per heavy atom. The second kappa shape index (κ2) is 9.19. The number of hydrogen-bond donors (Lipinski definition) is 2. The second-order valence-corrected chi connectivity index (χ2v) is 5.37. The van der Waals surface area contributed by atoms with Gasteiger partial charge >= 0.3 is 0 Å². The summed E-state index contributed by atoms with van der Waals surface area (Å²) in [6.07, 6.45) is -0.377. The summed E-state index contributed by atoms with van der Waals surface area (Å²) in [5.74, 6) is 0. The first-order valence-corrected chi connectivity index (χ1v) is 7.25. The van der Waals surface area contributed by atoms with Crippen LogP contribution in [-0.2, 0) is 9.47 Å². The summed E-state index contributed by atoms with van der Waals surface area (Å²) in [4.78, 5) is 0. The Kier molecular flexibility index (Phi) is 7.92. The van der Waals surface area contributed by atoms with E-state index in [1.165, 1.54) is 0 Å². The van der Waals surface area contributed by atoms with Crippen molar-refractivity contribution in [2.75, 3.05) is 31.7 Å². The summed E-state index contributed by atoms with van der Waals surface area (Å²) < 4.78 is 10.7. The van der Waals surface area contributed by atoms with Crippen molar-refractivity contribution in [2.45, 2.75) is 33.0 Å². The summed E-state index contributed by atoms with van der Waals surface area (Å²) in [5.41, 5.74) is 1.91. The number of para-hydroxylation sites is 1. The third kappa shape index (κ3) is 6.57. The minimum Gasteiger partial charge on any atom is -0.389 e. The Morgan fingerprint density at radius 2 is 2.05 bits per heavy atom. The van der Waals surface area contributed by atoms with E-state index in [1.807, 2.05) is 39.0 Å². The molecular formula is C15H24ClNO3. The quantitative estimate of drug-likeness (QED) is 0.689. The van der Waals surface area contributed by atoms with E-state index in [9.17, 15) is 5.11 Å². The van der Waals surface area contributed by atoms with E-state index >= 15 is 0 Å². The number of benzene rings is 1. The topological polar surface area (TPSA) is 50.7 Å². The molecule has 0 fully saturated rings. The van der Waals surface area contributed by atoms with Crippen LogP contribution in [0.2, 0.25) is 5.02 Å². The fourth-order valence-electron chi connectivity index (χ4n) is 1.70.